The van der Waals surface area contributed by atoms with E-state index in [1.54, 1.807) is 133 Å². The van der Waals surface area contributed by atoms with E-state index in [0.29, 0.717) is 33.9 Å². The Morgan fingerprint density at radius 1 is 0.400 bits per heavy atom. The van der Waals surface area contributed by atoms with Gasteiger partial charge >= 0.3 is 24.4 Å². The SMILES string of the molecule is O=C(Nc1ccccc1)OC[C@@H](OC(=O)Nc1ccccc1)c1cccc([C@@H](COC(=O)Nc2ccccc2)OC(=O)Nc2ccccc2)c1. The molecule has 0 aliphatic carbocycles. The molecule has 0 fully saturated rings. The minimum absolute atomic E-state index is 0.361. The van der Waals surface area contributed by atoms with Crippen molar-refractivity contribution in [3.05, 3.63) is 157 Å². The summed E-state index contributed by atoms with van der Waals surface area (Å²) in [5, 5.41) is 10.5. The molecule has 5 aromatic rings. The molecule has 4 N–H and O–H groups in total. The number of anilines is 4. The van der Waals surface area contributed by atoms with Crippen LogP contribution in [0.1, 0.15) is 23.3 Å². The van der Waals surface area contributed by atoms with E-state index >= 15 is 0 Å². The molecular formula is C38H34N4O8. The number of amides is 4. The molecular weight excluding hydrogens is 640 g/mol. The predicted octanol–water partition coefficient (Wildman–Crippen LogP) is 8.76. The Kier molecular flexibility index (Phi) is 12.4. The fourth-order valence-corrected chi connectivity index (χ4v) is 4.61. The highest BCUT2D eigenvalue weighted by Gasteiger charge is 2.24. The van der Waals surface area contributed by atoms with E-state index < -0.39 is 36.6 Å². The third kappa shape index (κ3) is 11.2. The van der Waals surface area contributed by atoms with Crippen LogP contribution >= 0.6 is 0 Å². The maximum absolute atomic E-state index is 13.0. The van der Waals surface area contributed by atoms with Crippen LogP contribution in [0.3, 0.4) is 0 Å². The van der Waals surface area contributed by atoms with E-state index in [1.165, 1.54) is 0 Å². The van der Waals surface area contributed by atoms with Gasteiger partial charge in [-0.3, -0.25) is 21.3 Å². The number of hydrogen-bond donors (Lipinski definition) is 4. The largest absolute Gasteiger partial charge is 0.445 e. The smallest absolute Gasteiger partial charge is 0.412 e. The highest BCUT2D eigenvalue weighted by atomic mass is 16.6. The molecule has 0 saturated heterocycles. The predicted molar refractivity (Wildman–Crippen MR) is 188 cm³/mol. The third-order valence-corrected chi connectivity index (χ3v) is 6.97. The van der Waals surface area contributed by atoms with Gasteiger partial charge in [0.1, 0.15) is 13.2 Å². The van der Waals surface area contributed by atoms with Crippen molar-refractivity contribution in [2.75, 3.05) is 34.5 Å². The number of para-hydroxylation sites is 4. The van der Waals surface area contributed by atoms with Crippen LogP contribution in [0, 0.1) is 0 Å². The molecule has 4 amide bonds. The highest BCUT2D eigenvalue weighted by molar-refractivity contribution is 5.86. The average Bonchev–Trinajstić information content (AvgIpc) is 3.13. The summed E-state index contributed by atoms with van der Waals surface area (Å²) >= 11 is 0. The van der Waals surface area contributed by atoms with Crippen molar-refractivity contribution < 1.29 is 38.1 Å². The first-order chi connectivity index (χ1) is 24.4. The fraction of sp³-hybridized carbons (Fsp3) is 0.105. The van der Waals surface area contributed by atoms with Crippen molar-refractivity contribution in [2.45, 2.75) is 12.2 Å². The zero-order chi connectivity index (χ0) is 35.0. The van der Waals surface area contributed by atoms with Gasteiger partial charge in [-0.25, -0.2) is 19.2 Å². The number of benzene rings is 5. The van der Waals surface area contributed by atoms with E-state index in [9.17, 15) is 19.2 Å². The summed E-state index contributed by atoms with van der Waals surface area (Å²) in [5.74, 6) is 0. The van der Waals surface area contributed by atoms with Gasteiger partial charge in [-0.15, -0.1) is 0 Å². The van der Waals surface area contributed by atoms with E-state index in [2.05, 4.69) is 21.3 Å². The Morgan fingerprint density at radius 3 is 1.02 bits per heavy atom. The zero-order valence-corrected chi connectivity index (χ0v) is 26.7. The summed E-state index contributed by atoms with van der Waals surface area (Å²) in [7, 11) is 0. The monoisotopic (exact) mass is 674 g/mol. The molecule has 12 nitrogen and oxygen atoms in total. The van der Waals surface area contributed by atoms with Crippen molar-refractivity contribution in [1.82, 2.24) is 0 Å². The molecule has 0 radical (unpaired) electrons. The number of rotatable bonds is 12. The van der Waals surface area contributed by atoms with Gasteiger partial charge in [-0.05, 0) is 65.7 Å². The van der Waals surface area contributed by atoms with E-state index in [4.69, 9.17) is 18.9 Å². The molecule has 0 aromatic heterocycles. The summed E-state index contributed by atoms with van der Waals surface area (Å²) < 4.78 is 22.4. The van der Waals surface area contributed by atoms with Crippen LogP contribution in [0.5, 0.6) is 0 Å². The highest BCUT2D eigenvalue weighted by Crippen LogP contribution is 2.26. The van der Waals surface area contributed by atoms with Gasteiger partial charge in [0.05, 0.1) is 0 Å². The Labute approximate surface area is 288 Å². The lowest BCUT2D eigenvalue weighted by atomic mass is 10.0. The van der Waals surface area contributed by atoms with E-state index in [-0.39, 0.29) is 13.2 Å². The van der Waals surface area contributed by atoms with E-state index in [1.807, 2.05) is 12.1 Å². The molecule has 2 atom stereocenters. The van der Waals surface area contributed by atoms with Crippen molar-refractivity contribution in [3.8, 4) is 0 Å². The van der Waals surface area contributed by atoms with Crippen molar-refractivity contribution in [1.29, 1.82) is 0 Å². The molecule has 0 spiro atoms. The molecule has 0 bridgehead atoms. The summed E-state index contributed by atoms with van der Waals surface area (Å²) in [5.41, 5.74) is 2.84. The van der Waals surface area contributed by atoms with Crippen molar-refractivity contribution >= 4 is 47.1 Å². The maximum atomic E-state index is 13.0. The van der Waals surface area contributed by atoms with Crippen LogP contribution in [0.25, 0.3) is 0 Å². The molecule has 5 rings (SSSR count). The zero-order valence-electron chi connectivity index (χ0n) is 26.7. The quantitative estimate of drug-likeness (QED) is 0.0958. The first-order valence-corrected chi connectivity index (χ1v) is 15.5. The number of ether oxygens (including phenoxy) is 4. The van der Waals surface area contributed by atoms with Crippen LogP contribution in [-0.4, -0.2) is 37.6 Å². The van der Waals surface area contributed by atoms with Crippen molar-refractivity contribution in [2.24, 2.45) is 0 Å². The minimum atomic E-state index is -1.10. The lowest BCUT2D eigenvalue weighted by Crippen LogP contribution is -2.25. The van der Waals surface area contributed by atoms with Crippen LogP contribution < -0.4 is 21.3 Å². The number of hydrogen-bond acceptors (Lipinski definition) is 8. The van der Waals surface area contributed by atoms with Gasteiger partial charge in [0, 0.05) is 22.7 Å². The fourth-order valence-electron chi connectivity index (χ4n) is 4.61. The normalized spacial score (nSPS) is 11.5. The van der Waals surface area contributed by atoms with Gasteiger partial charge in [-0.1, -0.05) is 91.0 Å². The Bertz CT molecular complexity index is 1710. The van der Waals surface area contributed by atoms with E-state index in [0.717, 1.165) is 0 Å². The van der Waals surface area contributed by atoms with Crippen molar-refractivity contribution in [3.63, 3.8) is 0 Å². The first kappa shape index (κ1) is 34.5. The molecule has 0 aliphatic rings. The second kappa shape index (κ2) is 17.9. The summed E-state index contributed by atoms with van der Waals surface area (Å²) in [4.78, 5) is 51.2. The number of nitrogens with one attached hydrogen (secondary N) is 4. The van der Waals surface area contributed by atoms with Crippen LogP contribution in [0.15, 0.2) is 146 Å². The summed E-state index contributed by atoms with van der Waals surface area (Å²) in [6.07, 6.45) is -5.31. The molecule has 0 aliphatic heterocycles. The topological polar surface area (TPSA) is 153 Å². The number of carbonyl (C=O) groups excluding carboxylic acids is 4. The molecule has 0 heterocycles. The Hall–Kier alpha value is -6.82. The maximum Gasteiger partial charge on any atom is 0.412 e. The molecule has 50 heavy (non-hydrogen) atoms. The second-order valence-corrected chi connectivity index (χ2v) is 10.6. The van der Waals surface area contributed by atoms with Crippen LogP contribution in [-0.2, 0) is 18.9 Å². The van der Waals surface area contributed by atoms with Gasteiger partial charge in [0.2, 0.25) is 0 Å². The summed E-state index contributed by atoms with van der Waals surface area (Å²) in [6, 6.07) is 41.4. The first-order valence-electron chi connectivity index (χ1n) is 15.5. The second-order valence-electron chi connectivity index (χ2n) is 10.6. The Morgan fingerprint density at radius 2 is 0.700 bits per heavy atom. The molecule has 12 heteroatoms. The molecule has 5 aromatic carbocycles. The standard InChI is InChI=1S/C38H34N4O8/c43-35(39-29-16-5-1-6-17-29)47-25-33(49-37(45)41-31-20-9-3-10-21-31)27-14-13-15-28(24-27)34(50-38(46)42-32-22-11-4-12-23-32)26-48-36(44)40-30-18-7-2-8-19-30/h1-24,33-34H,25-26H2,(H,39,43)(H,40,44)(H,41,45)(H,42,46)/t33-,34-/m1/s1. The lowest BCUT2D eigenvalue weighted by Gasteiger charge is -2.22. The Balaban J connectivity index is 1.35. The number of carbonyl (C=O) groups is 4. The minimum Gasteiger partial charge on any atom is -0.445 e. The van der Waals surface area contributed by atoms with Crippen LogP contribution in [0.2, 0.25) is 0 Å². The van der Waals surface area contributed by atoms with Crippen LogP contribution in [0.4, 0.5) is 41.9 Å². The van der Waals surface area contributed by atoms with Gasteiger partial charge < -0.3 is 18.9 Å². The third-order valence-electron chi connectivity index (χ3n) is 6.97. The molecule has 0 unspecified atom stereocenters. The lowest BCUT2D eigenvalue weighted by molar-refractivity contribution is 0.0517. The molecule has 254 valence electrons. The average molecular weight is 675 g/mol. The van der Waals surface area contributed by atoms with Gasteiger partial charge in [0.25, 0.3) is 0 Å². The summed E-state index contributed by atoms with van der Waals surface area (Å²) in [6.45, 7) is -0.722. The van der Waals surface area contributed by atoms with Gasteiger partial charge in [-0.2, -0.15) is 0 Å². The van der Waals surface area contributed by atoms with Gasteiger partial charge in [0.15, 0.2) is 12.2 Å². The molecule has 0 saturated carbocycles.